The van der Waals surface area contributed by atoms with Crippen molar-refractivity contribution in [2.24, 2.45) is 11.8 Å². The molecule has 2 fully saturated rings. The third-order valence-electron chi connectivity index (χ3n) is 8.16. The van der Waals surface area contributed by atoms with Crippen LogP contribution in [0.4, 0.5) is 4.39 Å². The first kappa shape index (κ1) is 24.4. The SMILES string of the molecule is CC[C@H]1CN(C(=O)[C@@H]2CCCN2)C[C@@H](C)[C@]1(O)c1c(C)cc(-c2ccnc3[nH]cc(C#N)c23)cc1F. The zero-order chi connectivity index (χ0) is 25.6. The van der Waals surface area contributed by atoms with E-state index in [1.807, 2.05) is 31.7 Å². The molecule has 0 spiro atoms. The van der Waals surface area contributed by atoms with Gasteiger partial charge in [0.15, 0.2) is 0 Å². The van der Waals surface area contributed by atoms with Crippen molar-refractivity contribution in [3.63, 3.8) is 0 Å². The average Bonchev–Trinajstić information content (AvgIpc) is 3.55. The van der Waals surface area contributed by atoms with Gasteiger partial charge in [0.2, 0.25) is 5.91 Å². The summed E-state index contributed by atoms with van der Waals surface area (Å²) in [4.78, 5) is 22.2. The minimum atomic E-state index is -1.40. The molecule has 36 heavy (non-hydrogen) atoms. The number of hydrogen-bond donors (Lipinski definition) is 3. The first-order valence-corrected chi connectivity index (χ1v) is 12.7. The minimum Gasteiger partial charge on any atom is -0.384 e. The predicted octanol–water partition coefficient (Wildman–Crippen LogP) is 3.99. The van der Waals surface area contributed by atoms with Crippen LogP contribution in [0.5, 0.6) is 0 Å². The van der Waals surface area contributed by atoms with Gasteiger partial charge in [0.05, 0.1) is 11.6 Å². The van der Waals surface area contributed by atoms with E-state index in [0.29, 0.717) is 58.4 Å². The fraction of sp³-hybridized carbons (Fsp3) is 0.464. The summed E-state index contributed by atoms with van der Waals surface area (Å²) < 4.78 is 16.0. The van der Waals surface area contributed by atoms with Gasteiger partial charge in [-0.1, -0.05) is 19.9 Å². The molecular formula is C28H32FN5O2. The van der Waals surface area contributed by atoms with Crippen molar-refractivity contribution in [1.29, 1.82) is 5.26 Å². The van der Waals surface area contributed by atoms with Gasteiger partial charge in [-0.25, -0.2) is 9.37 Å². The second-order valence-corrected chi connectivity index (χ2v) is 10.3. The summed E-state index contributed by atoms with van der Waals surface area (Å²) in [6.07, 6.45) is 5.66. The highest BCUT2D eigenvalue weighted by molar-refractivity contribution is 5.97. The first-order chi connectivity index (χ1) is 17.3. The molecule has 1 amide bonds. The molecule has 4 atom stereocenters. The van der Waals surface area contributed by atoms with E-state index in [4.69, 9.17) is 0 Å². The van der Waals surface area contributed by atoms with Gasteiger partial charge < -0.3 is 20.3 Å². The molecule has 3 N–H and O–H groups in total. The van der Waals surface area contributed by atoms with E-state index in [2.05, 4.69) is 21.4 Å². The van der Waals surface area contributed by atoms with E-state index < -0.39 is 11.4 Å². The van der Waals surface area contributed by atoms with Crippen LogP contribution in [0, 0.1) is 35.9 Å². The Morgan fingerprint density at radius 1 is 1.39 bits per heavy atom. The molecule has 2 aliphatic rings. The Hall–Kier alpha value is -3.28. The molecule has 1 aromatic carbocycles. The Balaban J connectivity index is 1.53. The number of carbonyl (C=O) groups is 1. The fourth-order valence-corrected chi connectivity index (χ4v) is 6.33. The lowest BCUT2D eigenvalue weighted by Gasteiger charge is -2.50. The summed E-state index contributed by atoms with van der Waals surface area (Å²) in [5.41, 5.74) is 1.90. The van der Waals surface area contributed by atoms with Crippen molar-refractivity contribution < 1.29 is 14.3 Å². The molecular weight excluding hydrogens is 457 g/mol. The number of carbonyl (C=O) groups excluding carboxylic acids is 1. The number of hydrogen-bond acceptors (Lipinski definition) is 5. The van der Waals surface area contributed by atoms with Crippen molar-refractivity contribution in [2.45, 2.75) is 51.7 Å². The van der Waals surface area contributed by atoms with E-state index >= 15 is 4.39 Å². The van der Waals surface area contributed by atoms with Crippen LogP contribution in [-0.2, 0) is 10.4 Å². The molecule has 8 heteroatoms. The molecule has 0 saturated carbocycles. The largest absolute Gasteiger partial charge is 0.384 e. The molecule has 188 valence electrons. The summed E-state index contributed by atoms with van der Waals surface area (Å²) in [7, 11) is 0. The number of fused-ring (bicyclic) bond motifs is 1. The topological polar surface area (TPSA) is 105 Å². The molecule has 0 aliphatic carbocycles. The number of halogens is 1. The summed E-state index contributed by atoms with van der Waals surface area (Å²) in [5.74, 6) is -1.04. The lowest BCUT2D eigenvalue weighted by Crippen LogP contribution is -2.59. The normalized spacial score (nSPS) is 26.3. The molecule has 2 saturated heterocycles. The third-order valence-corrected chi connectivity index (χ3v) is 8.16. The van der Waals surface area contributed by atoms with Gasteiger partial charge in [-0.15, -0.1) is 0 Å². The van der Waals surface area contributed by atoms with Crippen LogP contribution >= 0.6 is 0 Å². The number of pyridine rings is 1. The lowest BCUT2D eigenvalue weighted by molar-refractivity contribution is -0.153. The number of piperidine rings is 1. The highest BCUT2D eigenvalue weighted by Crippen LogP contribution is 2.46. The summed E-state index contributed by atoms with van der Waals surface area (Å²) in [5, 5.41) is 25.6. The first-order valence-electron chi connectivity index (χ1n) is 12.7. The lowest BCUT2D eigenvalue weighted by atomic mass is 9.67. The molecule has 2 aromatic heterocycles. The zero-order valence-corrected chi connectivity index (χ0v) is 20.9. The number of amides is 1. The van der Waals surface area contributed by atoms with Crippen LogP contribution in [-0.4, -0.2) is 51.6 Å². The molecule has 4 heterocycles. The smallest absolute Gasteiger partial charge is 0.239 e. The Labute approximate surface area is 210 Å². The van der Waals surface area contributed by atoms with Gasteiger partial charge in [-0.3, -0.25) is 4.79 Å². The van der Waals surface area contributed by atoms with Crippen molar-refractivity contribution in [2.75, 3.05) is 19.6 Å². The minimum absolute atomic E-state index is 0.0777. The van der Waals surface area contributed by atoms with Crippen molar-refractivity contribution in [3.8, 4) is 17.2 Å². The van der Waals surface area contributed by atoms with E-state index in [1.54, 1.807) is 18.5 Å². The number of nitrogens with zero attached hydrogens (tertiary/aromatic N) is 3. The standard InChI is InChI=1S/C28H32FN5O2/c1-4-20-15-34(27(35)23-6-5-8-31-23)14-17(3)28(20,36)25-16(2)10-18(11-22(25)29)21-7-9-32-26-24(21)19(12-30)13-33-26/h7,9-11,13,17,20,23,31,36H,4-6,8,14-15H2,1-3H3,(H,32,33)/t17-,20+,23+,28-/m1/s1. The second kappa shape index (κ2) is 9.30. The van der Waals surface area contributed by atoms with Gasteiger partial charge in [-0.05, 0) is 61.6 Å². The quantitative estimate of drug-likeness (QED) is 0.514. The highest BCUT2D eigenvalue weighted by atomic mass is 19.1. The maximum atomic E-state index is 16.0. The Kier molecular flexibility index (Phi) is 6.31. The Bertz CT molecular complexity index is 1330. The molecule has 5 rings (SSSR count). The molecule has 0 unspecified atom stereocenters. The zero-order valence-electron chi connectivity index (χ0n) is 20.9. The molecule has 7 nitrogen and oxygen atoms in total. The van der Waals surface area contributed by atoms with Crippen LogP contribution in [0.15, 0.2) is 30.6 Å². The number of aliphatic hydroxyl groups is 1. The summed E-state index contributed by atoms with van der Waals surface area (Å²) in [6.45, 7) is 7.33. The number of nitriles is 1. The van der Waals surface area contributed by atoms with Crippen LogP contribution in [0.2, 0.25) is 0 Å². The number of benzene rings is 1. The van der Waals surface area contributed by atoms with Gasteiger partial charge in [0.1, 0.15) is 23.1 Å². The Morgan fingerprint density at radius 3 is 2.86 bits per heavy atom. The van der Waals surface area contributed by atoms with Crippen LogP contribution in [0.3, 0.4) is 0 Å². The number of likely N-dealkylation sites (tertiary alicyclic amines) is 1. The van der Waals surface area contributed by atoms with Crippen molar-refractivity contribution in [3.05, 3.63) is 53.1 Å². The van der Waals surface area contributed by atoms with Gasteiger partial charge in [0.25, 0.3) is 0 Å². The third kappa shape index (κ3) is 3.78. The van der Waals surface area contributed by atoms with Gasteiger partial charge in [-0.2, -0.15) is 5.26 Å². The summed E-state index contributed by atoms with van der Waals surface area (Å²) >= 11 is 0. The molecule has 0 bridgehead atoms. The molecule has 2 aliphatic heterocycles. The number of aromatic nitrogens is 2. The highest BCUT2D eigenvalue weighted by Gasteiger charge is 2.50. The number of aryl methyl sites for hydroxylation is 1. The fourth-order valence-electron chi connectivity index (χ4n) is 6.33. The number of nitrogens with one attached hydrogen (secondary N) is 2. The number of aromatic amines is 1. The van der Waals surface area contributed by atoms with Gasteiger partial charge >= 0.3 is 0 Å². The molecule has 0 radical (unpaired) electrons. The molecule has 3 aromatic rings. The van der Waals surface area contributed by atoms with Crippen LogP contribution in [0.1, 0.15) is 49.8 Å². The van der Waals surface area contributed by atoms with Gasteiger partial charge in [0, 0.05) is 48.3 Å². The van der Waals surface area contributed by atoms with E-state index in [-0.39, 0.29) is 23.8 Å². The van der Waals surface area contributed by atoms with Crippen molar-refractivity contribution >= 4 is 16.9 Å². The van der Waals surface area contributed by atoms with E-state index in [9.17, 15) is 15.2 Å². The maximum Gasteiger partial charge on any atom is 0.239 e. The predicted molar refractivity (Wildman–Crippen MR) is 135 cm³/mol. The van der Waals surface area contributed by atoms with Crippen molar-refractivity contribution in [1.82, 2.24) is 20.2 Å². The monoisotopic (exact) mass is 489 g/mol. The summed E-state index contributed by atoms with van der Waals surface area (Å²) in [6, 6.07) is 7.10. The van der Waals surface area contributed by atoms with E-state index in [0.717, 1.165) is 19.4 Å². The van der Waals surface area contributed by atoms with E-state index in [1.165, 1.54) is 6.07 Å². The maximum absolute atomic E-state index is 16.0. The van der Waals surface area contributed by atoms with Crippen LogP contribution in [0.25, 0.3) is 22.2 Å². The number of rotatable bonds is 4. The Morgan fingerprint density at radius 2 is 2.19 bits per heavy atom. The average molecular weight is 490 g/mol. The number of H-pyrrole nitrogens is 1. The van der Waals surface area contributed by atoms with Crippen LogP contribution < -0.4 is 5.32 Å². The second-order valence-electron chi connectivity index (χ2n) is 10.3.